The number of hydrogen-bond acceptors (Lipinski definition) is 6. The Bertz CT molecular complexity index is 324. The Morgan fingerprint density at radius 3 is 1.44 bits per heavy atom. The molecular formula is C12H20N4O2. The molecule has 0 radical (unpaired) electrons. The minimum Gasteiger partial charge on any atom is -0.396 e. The molecular weight excluding hydrogens is 232 g/mol. The van der Waals surface area contributed by atoms with Gasteiger partial charge in [-0.2, -0.15) is 20.8 Å². The third-order valence-electron chi connectivity index (χ3n) is 2.62. The summed E-state index contributed by atoms with van der Waals surface area (Å²) in [4.78, 5) is 0. The van der Waals surface area contributed by atoms with Gasteiger partial charge in [0.1, 0.15) is 0 Å². The summed E-state index contributed by atoms with van der Waals surface area (Å²) in [6.07, 6.45) is 1.71. The maximum Gasteiger partial charge on any atom is 0.164 e. The fourth-order valence-electron chi connectivity index (χ4n) is 1.32. The molecule has 0 amide bonds. The Balaban J connectivity index is 4.75. The number of rotatable bonds is 8. The highest BCUT2D eigenvalue weighted by atomic mass is 16.3. The summed E-state index contributed by atoms with van der Waals surface area (Å²) in [7, 11) is 0. The zero-order chi connectivity index (χ0) is 14.1. The molecule has 0 aliphatic heterocycles. The van der Waals surface area contributed by atoms with E-state index in [-0.39, 0.29) is 13.2 Å². The van der Waals surface area contributed by atoms with Crippen LogP contribution < -0.4 is 0 Å². The van der Waals surface area contributed by atoms with Crippen molar-refractivity contribution in [1.82, 2.24) is 0 Å². The lowest BCUT2D eigenvalue weighted by Crippen LogP contribution is -2.24. The van der Waals surface area contributed by atoms with E-state index in [0.29, 0.717) is 25.7 Å². The Kier molecular flexibility index (Phi) is 7.11. The van der Waals surface area contributed by atoms with E-state index in [1.807, 2.05) is 12.1 Å². The van der Waals surface area contributed by atoms with E-state index in [9.17, 15) is 0 Å². The van der Waals surface area contributed by atoms with Gasteiger partial charge in [-0.1, -0.05) is 0 Å². The molecule has 6 heteroatoms. The number of hydrogen-bond donors (Lipinski definition) is 2. The van der Waals surface area contributed by atoms with Gasteiger partial charge in [0.25, 0.3) is 0 Å². The van der Waals surface area contributed by atoms with Crippen molar-refractivity contribution in [3.05, 3.63) is 0 Å². The van der Waals surface area contributed by atoms with E-state index in [1.54, 1.807) is 13.8 Å². The summed E-state index contributed by atoms with van der Waals surface area (Å²) >= 11 is 0. The molecule has 0 heterocycles. The maximum atomic E-state index is 9.05. The number of nitriles is 2. The molecule has 0 saturated carbocycles. The van der Waals surface area contributed by atoms with Crippen LogP contribution in [0.25, 0.3) is 0 Å². The molecule has 0 aromatic rings. The van der Waals surface area contributed by atoms with Crippen molar-refractivity contribution in [1.29, 1.82) is 10.5 Å². The molecule has 0 bridgehead atoms. The Morgan fingerprint density at radius 1 is 0.889 bits per heavy atom. The molecule has 0 aliphatic carbocycles. The van der Waals surface area contributed by atoms with Crippen molar-refractivity contribution in [3.63, 3.8) is 0 Å². The summed E-state index contributed by atoms with van der Waals surface area (Å²) in [5.41, 5.74) is -2.03. The SMILES string of the molecule is C[C@@](C#N)(CCCO)N=N[C@](C)(C#N)CCCO. The number of aliphatic hydroxyl groups excluding tert-OH is 2. The Labute approximate surface area is 108 Å². The van der Waals surface area contributed by atoms with Crippen molar-refractivity contribution in [2.75, 3.05) is 13.2 Å². The molecule has 0 spiro atoms. The molecule has 0 fully saturated rings. The molecule has 2 atom stereocenters. The number of azo groups is 1. The quantitative estimate of drug-likeness (QED) is 0.638. The van der Waals surface area contributed by atoms with Crippen LogP contribution in [0.15, 0.2) is 10.2 Å². The predicted molar refractivity (Wildman–Crippen MR) is 65.5 cm³/mol. The van der Waals surface area contributed by atoms with Gasteiger partial charge in [0.2, 0.25) is 0 Å². The van der Waals surface area contributed by atoms with Gasteiger partial charge in [-0.25, -0.2) is 0 Å². The first-order valence-electron chi connectivity index (χ1n) is 5.93. The molecule has 0 unspecified atom stereocenters. The average molecular weight is 252 g/mol. The summed E-state index contributed by atoms with van der Waals surface area (Å²) in [6.45, 7) is 3.23. The molecule has 6 nitrogen and oxygen atoms in total. The molecule has 0 aromatic carbocycles. The van der Waals surface area contributed by atoms with Crippen molar-refractivity contribution in [3.8, 4) is 12.1 Å². The van der Waals surface area contributed by atoms with Crippen LogP contribution in [0, 0.1) is 22.7 Å². The van der Waals surface area contributed by atoms with Gasteiger partial charge >= 0.3 is 0 Å². The van der Waals surface area contributed by atoms with Gasteiger partial charge in [0.05, 0.1) is 12.1 Å². The molecule has 0 aromatic heterocycles. The lowest BCUT2D eigenvalue weighted by atomic mass is 9.98. The second-order valence-electron chi connectivity index (χ2n) is 4.63. The van der Waals surface area contributed by atoms with Gasteiger partial charge in [-0.05, 0) is 39.5 Å². The van der Waals surface area contributed by atoms with Crippen LogP contribution in [-0.2, 0) is 0 Å². The molecule has 2 N–H and O–H groups in total. The minimum absolute atomic E-state index is 0.00712. The zero-order valence-electron chi connectivity index (χ0n) is 10.9. The standard InChI is InChI=1S/C12H20N4O2/c1-11(9-13,5-3-7-17)15-16-12(2,10-14)6-4-8-18/h17-18H,3-8H2,1-2H3/t11-,12-/m0/s1. The fourth-order valence-corrected chi connectivity index (χ4v) is 1.32. The first-order valence-corrected chi connectivity index (χ1v) is 5.93. The second-order valence-corrected chi connectivity index (χ2v) is 4.63. The maximum absolute atomic E-state index is 9.05. The summed E-state index contributed by atoms with van der Waals surface area (Å²) in [5.74, 6) is 0. The summed E-state index contributed by atoms with van der Waals surface area (Å²) < 4.78 is 0. The first kappa shape index (κ1) is 16.5. The molecule has 0 rings (SSSR count). The Morgan fingerprint density at radius 2 is 1.22 bits per heavy atom. The number of aliphatic hydroxyl groups is 2. The Hall–Kier alpha value is -1.50. The van der Waals surface area contributed by atoms with Crippen molar-refractivity contribution in [2.45, 2.75) is 50.6 Å². The van der Waals surface area contributed by atoms with Gasteiger partial charge in [0, 0.05) is 13.2 Å². The van der Waals surface area contributed by atoms with E-state index in [1.165, 1.54) is 0 Å². The highest BCUT2D eigenvalue weighted by Crippen LogP contribution is 2.22. The van der Waals surface area contributed by atoms with E-state index >= 15 is 0 Å². The molecule has 0 aliphatic rings. The van der Waals surface area contributed by atoms with Crippen LogP contribution in [0.4, 0.5) is 0 Å². The van der Waals surface area contributed by atoms with Crippen LogP contribution >= 0.6 is 0 Å². The van der Waals surface area contributed by atoms with Crippen LogP contribution in [0.3, 0.4) is 0 Å². The monoisotopic (exact) mass is 252 g/mol. The van der Waals surface area contributed by atoms with Gasteiger partial charge < -0.3 is 10.2 Å². The average Bonchev–Trinajstić information content (AvgIpc) is 2.40. The van der Waals surface area contributed by atoms with Gasteiger partial charge in [-0.15, -0.1) is 0 Å². The first-order chi connectivity index (χ1) is 8.45. The van der Waals surface area contributed by atoms with Crippen LogP contribution in [-0.4, -0.2) is 34.5 Å². The number of nitrogens with zero attached hydrogens (tertiary/aromatic N) is 4. The minimum atomic E-state index is -1.01. The summed E-state index contributed by atoms with van der Waals surface area (Å²) in [6, 6.07) is 4.07. The molecule has 18 heavy (non-hydrogen) atoms. The van der Waals surface area contributed by atoms with Crippen LogP contribution in [0.1, 0.15) is 39.5 Å². The van der Waals surface area contributed by atoms with Crippen LogP contribution in [0.5, 0.6) is 0 Å². The molecule has 0 saturated heterocycles. The van der Waals surface area contributed by atoms with Crippen molar-refractivity contribution < 1.29 is 10.2 Å². The predicted octanol–water partition coefficient (Wildman–Crippen LogP) is 1.55. The van der Waals surface area contributed by atoms with E-state index in [2.05, 4.69) is 10.2 Å². The van der Waals surface area contributed by atoms with E-state index < -0.39 is 11.1 Å². The third-order valence-corrected chi connectivity index (χ3v) is 2.62. The van der Waals surface area contributed by atoms with E-state index in [0.717, 1.165) is 0 Å². The van der Waals surface area contributed by atoms with E-state index in [4.69, 9.17) is 20.7 Å². The second kappa shape index (κ2) is 7.75. The van der Waals surface area contributed by atoms with Gasteiger partial charge in [-0.3, -0.25) is 0 Å². The summed E-state index contributed by atoms with van der Waals surface area (Å²) in [5, 5.41) is 43.5. The highest BCUT2D eigenvalue weighted by Gasteiger charge is 2.27. The lowest BCUT2D eigenvalue weighted by Gasteiger charge is -2.19. The highest BCUT2D eigenvalue weighted by molar-refractivity contribution is 5.07. The lowest BCUT2D eigenvalue weighted by molar-refractivity contribution is 0.267. The smallest absolute Gasteiger partial charge is 0.164 e. The largest absolute Gasteiger partial charge is 0.396 e. The molecule has 100 valence electrons. The van der Waals surface area contributed by atoms with Crippen LogP contribution in [0.2, 0.25) is 0 Å². The normalized spacial score (nSPS) is 17.7. The third kappa shape index (κ3) is 5.72. The van der Waals surface area contributed by atoms with Gasteiger partial charge in [0.15, 0.2) is 11.1 Å². The fraction of sp³-hybridized carbons (Fsp3) is 0.833. The zero-order valence-corrected chi connectivity index (χ0v) is 10.9. The topological polar surface area (TPSA) is 113 Å². The van der Waals surface area contributed by atoms with Crippen molar-refractivity contribution in [2.24, 2.45) is 10.2 Å². The van der Waals surface area contributed by atoms with Crippen molar-refractivity contribution >= 4 is 0 Å².